The number of esters is 1. The van der Waals surface area contributed by atoms with Gasteiger partial charge < -0.3 is 14.2 Å². The molecule has 0 saturated carbocycles. The van der Waals surface area contributed by atoms with Crippen molar-refractivity contribution < 1.29 is 14.3 Å². The highest BCUT2D eigenvalue weighted by Gasteiger charge is 2.19. The first-order chi connectivity index (χ1) is 13.0. The van der Waals surface area contributed by atoms with Gasteiger partial charge in [-0.25, -0.2) is 4.79 Å². The van der Waals surface area contributed by atoms with Gasteiger partial charge in [-0.1, -0.05) is 12.1 Å². The number of ether oxygens (including phenoxy) is 1. The molecule has 0 aliphatic carbocycles. The Morgan fingerprint density at radius 1 is 1.11 bits per heavy atom. The number of aromatic nitrogens is 1. The summed E-state index contributed by atoms with van der Waals surface area (Å²) in [5.74, 6) is -0.678. The molecule has 3 aromatic rings. The summed E-state index contributed by atoms with van der Waals surface area (Å²) in [4.78, 5) is 28.6. The maximum absolute atomic E-state index is 12.5. The minimum Gasteiger partial charge on any atom is -0.452 e. The molecule has 0 atom stereocenters. The first kappa shape index (κ1) is 19.4. The predicted octanol–water partition coefficient (Wildman–Crippen LogP) is 4.09. The van der Waals surface area contributed by atoms with Crippen LogP contribution in [0, 0.1) is 13.8 Å². The molecule has 0 N–H and O–H groups in total. The van der Waals surface area contributed by atoms with Crippen LogP contribution in [-0.2, 0) is 22.6 Å². The number of carbonyl (C=O) groups is 2. The number of thiophene rings is 2. The second-order valence-electron chi connectivity index (χ2n) is 6.36. The van der Waals surface area contributed by atoms with E-state index >= 15 is 0 Å². The molecular weight excluding hydrogens is 380 g/mol. The lowest BCUT2D eigenvalue weighted by atomic mass is 10.2. The van der Waals surface area contributed by atoms with Crippen LogP contribution in [0.3, 0.4) is 0 Å². The Balaban J connectivity index is 1.60. The van der Waals surface area contributed by atoms with Crippen LogP contribution in [-0.4, -0.2) is 35.0 Å². The van der Waals surface area contributed by atoms with Gasteiger partial charge in [0.2, 0.25) is 0 Å². The molecular formula is C20H22N2O3S2. The summed E-state index contributed by atoms with van der Waals surface area (Å²) in [7, 11) is 1.71. The molecule has 0 spiro atoms. The van der Waals surface area contributed by atoms with Crippen molar-refractivity contribution in [3.63, 3.8) is 0 Å². The Kier molecular flexibility index (Phi) is 6.13. The van der Waals surface area contributed by atoms with Crippen molar-refractivity contribution in [2.75, 3.05) is 13.7 Å². The van der Waals surface area contributed by atoms with Gasteiger partial charge in [0.15, 0.2) is 6.61 Å². The Morgan fingerprint density at radius 3 is 2.41 bits per heavy atom. The van der Waals surface area contributed by atoms with Crippen molar-refractivity contribution in [3.8, 4) is 0 Å². The van der Waals surface area contributed by atoms with Gasteiger partial charge >= 0.3 is 5.97 Å². The van der Waals surface area contributed by atoms with E-state index in [1.807, 2.05) is 48.9 Å². The lowest BCUT2D eigenvalue weighted by Gasteiger charge is -2.16. The predicted molar refractivity (Wildman–Crippen MR) is 108 cm³/mol. The number of nitrogens with zero attached hydrogens (tertiary/aromatic N) is 2. The molecule has 3 rings (SSSR count). The van der Waals surface area contributed by atoms with E-state index in [-0.39, 0.29) is 12.5 Å². The third-order valence-electron chi connectivity index (χ3n) is 4.41. The summed E-state index contributed by atoms with van der Waals surface area (Å²) in [5, 5.41) is 4.01. The van der Waals surface area contributed by atoms with Crippen LogP contribution in [0.15, 0.2) is 41.1 Å². The zero-order valence-electron chi connectivity index (χ0n) is 15.6. The maximum Gasteiger partial charge on any atom is 0.340 e. The highest BCUT2D eigenvalue weighted by Crippen LogP contribution is 2.20. The summed E-state index contributed by atoms with van der Waals surface area (Å²) in [6, 6.07) is 9.84. The fraction of sp³-hybridized carbons (Fsp3) is 0.300. The smallest absolute Gasteiger partial charge is 0.340 e. The first-order valence-electron chi connectivity index (χ1n) is 8.58. The first-order valence-corrected chi connectivity index (χ1v) is 10.3. The number of hydrogen-bond donors (Lipinski definition) is 0. The highest BCUT2D eigenvalue weighted by molar-refractivity contribution is 7.10. The molecule has 0 unspecified atom stereocenters. The summed E-state index contributed by atoms with van der Waals surface area (Å²) >= 11 is 3.28. The monoisotopic (exact) mass is 402 g/mol. The topological polar surface area (TPSA) is 51.5 Å². The summed E-state index contributed by atoms with van der Waals surface area (Å²) in [6.07, 6.45) is 0. The Labute approximate surface area is 166 Å². The fourth-order valence-corrected chi connectivity index (χ4v) is 4.30. The molecule has 0 saturated heterocycles. The molecule has 0 aromatic carbocycles. The Bertz CT molecular complexity index is 912. The molecule has 0 radical (unpaired) electrons. The van der Waals surface area contributed by atoms with Gasteiger partial charge in [-0.05, 0) is 42.8 Å². The lowest BCUT2D eigenvalue weighted by Crippen LogP contribution is -2.30. The third-order valence-corrected chi connectivity index (χ3v) is 6.14. The lowest BCUT2D eigenvalue weighted by molar-refractivity contribution is -0.133. The van der Waals surface area contributed by atoms with Crippen LogP contribution in [0.2, 0.25) is 0 Å². The number of likely N-dealkylation sites (N-methyl/N-ethyl adjacent to an activating group) is 1. The fourth-order valence-electron chi connectivity index (χ4n) is 2.85. The molecule has 27 heavy (non-hydrogen) atoms. The zero-order valence-corrected chi connectivity index (χ0v) is 17.2. The van der Waals surface area contributed by atoms with Crippen molar-refractivity contribution in [3.05, 3.63) is 67.8 Å². The largest absolute Gasteiger partial charge is 0.452 e. The van der Waals surface area contributed by atoms with Gasteiger partial charge in [-0.15, -0.1) is 22.7 Å². The molecule has 142 valence electrons. The van der Waals surface area contributed by atoms with E-state index in [0.717, 1.165) is 22.8 Å². The van der Waals surface area contributed by atoms with Crippen LogP contribution in [0.4, 0.5) is 0 Å². The molecule has 0 bridgehead atoms. The number of rotatable bonds is 7. The van der Waals surface area contributed by atoms with E-state index in [1.165, 1.54) is 4.88 Å². The van der Waals surface area contributed by atoms with Gasteiger partial charge in [-0.3, -0.25) is 4.79 Å². The normalized spacial score (nSPS) is 10.8. The van der Waals surface area contributed by atoms with E-state index < -0.39 is 5.97 Å². The van der Waals surface area contributed by atoms with Crippen LogP contribution in [0.1, 0.15) is 31.5 Å². The molecule has 3 aromatic heterocycles. The van der Waals surface area contributed by atoms with Crippen LogP contribution in [0.25, 0.3) is 0 Å². The SMILES string of the molecule is Cc1cc(C(=O)OCC(=O)N(C)Cc2cccs2)c(C)n1Cc1cccs1. The highest BCUT2D eigenvalue weighted by atomic mass is 32.1. The molecule has 0 fully saturated rings. The number of aryl methyl sites for hydroxylation is 1. The summed E-state index contributed by atoms with van der Waals surface area (Å²) < 4.78 is 7.37. The quantitative estimate of drug-likeness (QED) is 0.559. The molecule has 3 heterocycles. The van der Waals surface area contributed by atoms with Crippen molar-refractivity contribution in [2.45, 2.75) is 26.9 Å². The molecule has 0 aliphatic heterocycles. The second-order valence-corrected chi connectivity index (χ2v) is 8.42. The molecule has 5 nitrogen and oxygen atoms in total. The van der Waals surface area contributed by atoms with Gasteiger partial charge in [0.05, 0.1) is 18.7 Å². The number of carbonyl (C=O) groups excluding carboxylic acids is 2. The summed E-state index contributed by atoms with van der Waals surface area (Å²) in [5.41, 5.74) is 2.36. The maximum atomic E-state index is 12.5. The van der Waals surface area contributed by atoms with E-state index in [2.05, 4.69) is 10.6 Å². The van der Waals surface area contributed by atoms with Crippen LogP contribution in [0.5, 0.6) is 0 Å². The molecule has 7 heteroatoms. The number of hydrogen-bond acceptors (Lipinski definition) is 5. The third kappa shape index (κ3) is 4.67. The zero-order chi connectivity index (χ0) is 19.4. The van der Waals surface area contributed by atoms with Gasteiger partial charge in [-0.2, -0.15) is 0 Å². The Hall–Kier alpha value is -2.38. The minimum absolute atomic E-state index is 0.218. The van der Waals surface area contributed by atoms with Crippen molar-refractivity contribution in [1.29, 1.82) is 0 Å². The minimum atomic E-state index is -0.460. The van der Waals surface area contributed by atoms with Gasteiger partial charge in [0.25, 0.3) is 5.91 Å². The van der Waals surface area contributed by atoms with Crippen LogP contribution >= 0.6 is 22.7 Å². The molecule has 1 amide bonds. The van der Waals surface area contributed by atoms with Gasteiger partial charge in [0.1, 0.15) is 0 Å². The number of amides is 1. The summed E-state index contributed by atoms with van der Waals surface area (Å²) in [6.45, 7) is 4.86. The second kappa shape index (κ2) is 8.54. The average Bonchev–Trinajstić information content (AvgIpc) is 3.39. The average molecular weight is 403 g/mol. The van der Waals surface area contributed by atoms with E-state index in [9.17, 15) is 9.59 Å². The van der Waals surface area contributed by atoms with Crippen molar-refractivity contribution in [2.24, 2.45) is 0 Å². The van der Waals surface area contributed by atoms with Crippen molar-refractivity contribution >= 4 is 34.6 Å². The standard InChI is InChI=1S/C20H22N2O3S2/c1-14-10-18(15(2)22(14)12-17-7-5-9-27-17)20(24)25-13-19(23)21(3)11-16-6-4-8-26-16/h4-10H,11-13H2,1-3H3. The Morgan fingerprint density at radius 2 is 1.78 bits per heavy atom. The van der Waals surface area contributed by atoms with Crippen LogP contribution < -0.4 is 0 Å². The van der Waals surface area contributed by atoms with E-state index in [1.54, 1.807) is 34.6 Å². The van der Waals surface area contributed by atoms with E-state index in [4.69, 9.17) is 4.74 Å². The van der Waals surface area contributed by atoms with E-state index in [0.29, 0.717) is 12.1 Å². The molecule has 0 aliphatic rings. The van der Waals surface area contributed by atoms with Gasteiger partial charge in [0, 0.05) is 28.2 Å². The van der Waals surface area contributed by atoms with Crippen molar-refractivity contribution in [1.82, 2.24) is 9.47 Å².